The Bertz CT molecular complexity index is 48.2. The van der Waals surface area contributed by atoms with Crippen LogP contribution in [-0.4, -0.2) is 17.7 Å². The second kappa shape index (κ2) is 2.89. The van der Waals surface area contributed by atoms with E-state index in [0.29, 0.717) is 0 Å². The minimum absolute atomic E-state index is 0.829. The average molecular weight is 107 g/mol. The summed E-state index contributed by atoms with van der Waals surface area (Å²) in [5.74, 6) is 0. The minimum atomic E-state index is -0.986. The second-order valence-electron chi connectivity index (χ2n) is 1.15. The van der Waals surface area contributed by atoms with Crippen LogP contribution in [0.3, 0.4) is 0 Å². The lowest BCUT2D eigenvalue weighted by Crippen LogP contribution is -2.49. The van der Waals surface area contributed by atoms with E-state index in [0.717, 1.165) is 0 Å². The predicted molar refractivity (Wildman–Crippen MR) is 23.9 cm³/mol. The molecule has 44 valence electrons. The van der Waals surface area contributed by atoms with Crippen LogP contribution < -0.4 is 17.2 Å². The molecule has 0 rings (SSSR count). The maximum absolute atomic E-state index is 7.72. The Balaban J connectivity index is 3.14. The van der Waals surface area contributed by atoms with Crippen molar-refractivity contribution in [2.75, 3.05) is 0 Å². The van der Waals surface area contributed by atoms with Gasteiger partial charge in [-0.2, -0.15) is 0 Å². The topological polar surface area (TPSA) is 108 Å². The SMILES string of the molecule is NC(N)C(N)OO. The van der Waals surface area contributed by atoms with Crippen LogP contribution >= 0.6 is 0 Å². The summed E-state index contributed by atoms with van der Waals surface area (Å²) in [4.78, 5) is 3.54. The van der Waals surface area contributed by atoms with Crippen molar-refractivity contribution in [3.8, 4) is 0 Å². The molecule has 0 radical (unpaired) electrons. The highest BCUT2D eigenvalue weighted by molar-refractivity contribution is 4.55. The Morgan fingerprint density at radius 2 is 1.71 bits per heavy atom. The normalized spacial score (nSPS) is 15.0. The first-order valence-electron chi connectivity index (χ1n) is 1.75. The van der Waals surface area contributed by atoms with Gasteiger partial charge in [0.25, 0.3) is 0 Å². The summed E-state index contributed by atoms with van der Waals surface area (Å²) in [5, 5.41) is 7.72. The van der Waals surface area contributed by atoms with Crippen molar-refractivity contribution in [3.05, 3.63) is 0 Å². The fourth-order valence-electron chi connectivity index (χ4n) is 0.0703. The smallest absolute Gasteiger partial charge is 0.169 e. The molecule has 0 aromatic heterocycles. The van der Waals surface area contributed by atoms with E-state index < -0.39 is 12.4 Å². The molecule has 7 heavy (non-hydrogen) atoms. The minimum Gasteiger partial charge on any atom is -0.313 e. The van der Waals surface area contributed by atoms with Crippen LogP contribution in [0.2, 0.25) is 0 Å². The molecule has 0 aliphatic rings. The predicted octanol–water partition coefficient (Wildman–Crippen LogP) is -2.00. The molecule has 7 N–H and O–H groups in total. The van der Waals surface area contributed by atoms with Crippen molar-refractivity contribution < 1.29 is 10.1 Å². The van der Waals surface area contributed by atoms with Gasteiger partial charge in [0.1, 0.15) is 0 Å². The van der Waals surface area contributed by atoms with Crippen LogP contribution in [0.5, 0.6) is 0 Å². The third kappa shape index (κ3) is 2.49. The summed E-state index contributed by atoms with van der Waals surface area (Å²) in [5.41, 5.74) is 14.7. The summed E-state index contributed by atoms with van der Waals surface area (Å²) in [6.45, 7) is 0. The van der Waals surface area contributed by atoms with Crippen LogP contribution in [0, 0.1) is 0 Å². The zero-order chi connectivity index (χ0) is 5.86. The molecule has 0 saturated carbocycles. The summed E-state index contributed by atoms with van der Waals surface area (Å²) in [7, 11) is 0. The van der Waals surface area contributed by atoms with Crippen molar-refractivity contribution >= 4 is 0 Å². The molecule has 0 amide bonds. The molecule has 0 saturated heterocycles. The summed E-state index contributed by atoms with van der Waals surface area (Å²) in [6.07, 6.45) is -1.81. The third-order valence-corrected chi connectivity index (χ3v) is 0.501. The van der Waals surface area contributed by atoms with Gasteiger partial charge >= 0.3 is 0 Å². The fraction of sp³-hybridized carbons (Fsp3) is 1.00. The molecule has 5 heteroatoms. The van der Waals surface area contributed by atoms with Crippen molar-refractivity contribution in [2.24, 2.45) is 17.2 Å². The van der Waals surface area contributed by atoms with Gasteiger partial charge in [0.05, 0.1) is 6.17 Å². The number of nitrogens with two attached hydrogens (primary N) is 3. The first-order valence-corrected chi connectivity index (χ1v) is 1.75. The average Bonchev–Trinajstić information content (AvgIpc) is 1.65. The van der Waals surface area contributed by atoms with E-state index in [9.17, 15) is 0 Å². The van der Waals surface area contributed by atoms with Crippen LogP contribution in [-0.2, 0) is 4.89 Å². The van der Waals surface area contributed by atoms with Crippen LogP contribution in [0.15, 0.2) is 0 Å². The molecule has 0 fully saturated rings. The van der Waals surface area contributed by atoms with Gasteiger partial charge in [-0.1, -0.05) is 0 Å². The molecular formula is C2H9N3O2. The fourth-order valence-corrected chi connectivity index (χ4v) is 0.0703. The van der Waals surface area contributed by atoms with E-state index in [1.807, 2.05) is 0 Å². The van der Waals surface area contributed by atoms with E-state index in [-0.39, 0.29) is 0 Å². The van der Waals surface area contributed by atoms with Gasteiger partial charge < -0.3 is 17.2 Å². The maximum atomic E-state index is 7.72. The Morgan fingerprint density at radius 1 is 1.29 bits per heavy atom. The molecule has 5 nitrogen and oxygen atoms in total. The quantitative estimate of drug-likeness (QED) is 0.185. The molecule has 0 aromatic rings. The van der Waals surface area contributed by atoms with E-state index in [2.05, 4.69) is 4.89 Å². The third-order valence-electron chi connectivity index (χ3n) is 0.501. The van der Waals surface area contributed by atoms with Crippen molar-refractivity contribution in [2.45, 2.75) is 12.4 Å². The van der Waals surface area contributed by atoms with Crippen LogP contribution in [0.25, 0.3) is 0 Å². The summed E-state index contributed by atoms with van der Waals surface area (Å²) < 4.78 is 0. The Kier molecular flexibility index (Phi) is 2.81. The molecule has 0 aliphatic heterocycles. The van der Waals surface area contributed by atoms with Crippen LogP contribution in [0.4, 0.5) is 0 Å². The Labute approximate surface area is 41.0 Å². The number of rotatable bonds is 2. The second-order valence-corrected chi connectivity index (χ2v) is 1.15. The molecule has 1 atom stereocenters. The number of hydrogen-bond donors (Lipinski definition) is 4. The van der Waals surface area contributed by atoms with Gasteiger partial charge in [-0.25, -0.2) is 4.89 Å². The van der Waals surface area contributed by atoms with Gasteiger partial charge in [0.2, 0.25) is 0 Å². The molecule has 0 aromatic carbocycles. The first kappa shape index (κ1) is 6.80. The van der Waals surface area contributed by atoms with Gasteiger partial charge in [0, 0.05) is 0 Å². The van der Waals surface area contributed by atoms with Crippen molar-refractivity contribution in [1.29, 1.82) is 0 Å². The molecule has 0 aliphatic carbocycles. The van der Waals surface area contributed by atoms with Gasteiger partial charge in [0.15, 0.2) is 6.23 Å². The first-order chi connectivity index (χ1) is 3.18. The molecule has 0 heterocycles. The molecular weight excluding hydrogens is 98.0 g/mol. The summed E-state index contributed by atoms with van der Waals surface area (Å²) >= 11 is 0. The van der Waals surface area contributed by atoms with Crippen LogP contribution in [0.1, 0.15) is 0 Å². The molecule has 1 unspecified atom stereocenters. The largest absolute Gasteiger partial charge is 0.313 e. The van der Waals surface area contributed by atoms with Gasteiger partial charge in [-0.15, -0.1) is 0 Å². The van der Waals surface area contributed by atoms with Crippen molar-refractivity contribution in [3.63, 3.8) is 0 Å². The zero-order valence-electron chi connectivity index (χ0n) is 3.74. The van der Waals surface area contributed by atoms with Crippen molar-refractivity contribution in [1.82, 2.24) is 0 Å². The lowest BCUT2D eigenvalue weighted by Gasteiger charge is -2.09. The lowest BCUT2D eigenvalue weighted by atomic mass is 10.5. The van der Waals surface area contributed by atoms with E-state index in [4.69, 9.17) is 22.5 Å². The van der Waals surface area contributed by atoms with E-state index in [1.165, 1.54) is 0 Å². The highest BCUT2D eigenvalue weighted by Crippen LogP contribution is 1.74. The van der Waals surface area contributed by atoms with E-state index in [1.54, 1.807) is 0 Å². The lowest BCUT2D eigenvalue weighted by molar-refractivity contribution is -0.281. The highest BCUT2D eigenvalue weighted by Gasteiger charge is 2.05. The zero-order valence-corrected chi connectivity index (χ0v) is 3.74. The maximum Gasteiger partial charge on any atom is 0.169 e. The molecule has 0 spiro atoms. The standard InChI is InChI=1S/C2H9N3O2/c3-1(4)2(5)7-6/h1-2,6H,3-5H2. The summed E-state index contributed by atoms with van der Waals surface area (Å²) in [6, 6.07) is 0. The highest BCUT2D eigenvalue weighted by atomic mass is 17.1. The van der Waals surface area contributed by atoms with Gasteiger partial charge in [-0.05, 0) is 0 Å². The van der Waals surface area contributed by atoms with Gasteiger partial charge in [-0.3, -0.25) is 5.26 Å². The Morgan fingerprint density at radius 3 is 1.71 bits per heavy atom. The van der Waals surface area contributed by atoms with E-state index >= 15 is 0 Å². The Hall–Kier alpha value is -0.200. The monoisotopic (exact) mass is 107 g/mol. The number of hydrogen-bond acceptors (Lipinski definition) is 5. The molecule has 0 bridgehead atoms.